The van der Waals surface area contributed by atoms with Crippen molar-refractivity contribution in [3.63, 3.8) is 0 Å². The number of anilines is 3. The van der Waals surface area contributed by atoms with Crippen molar-refractivity contribution >= 4 is 34.3 Å². The molecule has 5 unspecified atom stereocenters. The third kappa shape index (κ3) is 5.28. The number of rotatable bonds is 5. The highest BCUT2D eigenvalue weighted by molar-refractivity contribution is 5.94. The number of hydrogen-bond acceptors (Lipinski definition) is 4. The normalized spacial score (nSPS) is 23.3. The molecule has 0 amide bonds. The highest BCUT2D eigenvalue weighted by Gasteiger charge is 2.43. The Labute approximate surface area is 339 Å². The smallest absolute Gasteiger partial charge is 0.231 e. The van der Waals surface area contributed by atoms with E-state index < -0.39 is 0 Å². The minimum absolute atomic E-state index is 0.0594. The van der Waals surface area contributed by atoms with Crippen LogP contribution < -0.4 is 9.80 Å². The van der Waals surface area contributed by atoms with Gasteiger partial charge in [0.1, 0.15) is 0 Å². The molecule has 0 saturated carbocycles. The van der Waals surface area contributed by atoms with Crippen LogP contribution in [-0.2, 0) is 6.42 Å². The molecular weight excluding hydrogens is 705 g/mol. The number of benzene rings is 5. The Kier molecular flexibility index (Phi) is 7.72. The first-order valence-electron chi connectivity index (χ1n) is 20.8. The van der Waals surface area contributed by atoms with Gasteiger partial charge in [-0.2, -0.15) is 0 Å². The fourth-order valence-corrected chi connectivity index (χ4v) is 10.5. The number of aromatic nitrogens is 2. The second-order valence-corrected chi connectivity index (χ2v) is 16.3. The third-order valence-corrected chi connectivity index (χ3v) is 13.1. The van der Waals surface area contributed by atoms with Crippen molar-refractivity contribution in [3.05, 3.63) is 215 Å². The van der Waals surface area contributed by atoms with Gasteiger partial charge in [-0.05, 0) is 82.0 Å². The van der Waals surface area contributed by atoms with Gasteiger partial charge in [-0.1, -0.05) is 170 Å². The molecule has 12 rings (SSSR count). The minimum Gasteiger partial charge on any atom is -0.357 e. The van der Waals surface area contributed by atoms with E-state index in [1.165, 1.54) is 55.9 Å². The molecule has 0 fully saturated rings. The Hall–Kier alpha value is -6.78. The van der Waals surface area contributed by atoms with Gasteiger partial charge >= 0.3 is 0 Å². The SMILES string of the molecule is C1=CCC(N2c3ccc4c(c3C3C=C(C5=CC6c7ccccc7N(c7nc(-c8ccc(-c9ccccc9)cc8)c8ccccc8n7)C6C=C5)C=CC32)CCC=C4)C=C1. The third-order valence-electron chi connectivity index (χ3n) is 13.1. The first-order chi connectivity index (χ1) is 28.8. The van der Waals surface area contributed by atoms with E-state index in [9.17, 15) is 0 Å². The van der Waals surface area contributed by atoms with Crippen molar-refractivity contribution in [3.8, 4) is 22.4 Å². The van der Waals surface area contributed by atoms with Crippen LogP contribution in [0.4, 0.5) is 17.3 Å². The Morgan fingerprint density at radius 2 is 1.33 bits per heavy atom. The van der Waals surface area contributed by atoms with Crippen molar-refractivity contribution in [2.75, 3.05) is 9.80 Å². The Balaban J connectivity index is 0.917. The zero-order valence-corrected chi connectivity index (χ0v) is 32.2. The van der Waals surface area contributed by atoms with Crippen LogP contribution in [0.25, 0.3) is 39.4 Å². The summed E-state index contributed by atoms with van der Waals surface area (Å²) in [6.07, 6.45) is 31.8. The second kappa shape index (κ2) is 13.4. The number of nitrogens with zero attached hydrogens (tertiary/aromatic N) is 4. The maximum absolute atomic E-state index is 5.41. The molecule has 0 spiro atoms. The van der Waals surface area contributed by atoms with Crippen molar-refractivity contribution < 1.29 is 0 Å². The zero-order valence-electron chi connectivity index (χ0n) is 32.2. The highest BCUT2D eigenvalue weighted by Crippen LogP contribution is 2.52. The molecule has 1 aromatic heterocycles. The molecular formula is C54H42N4. The molecule has 2 aliphatic heterocycles. The molecule has 58 heavy (non-hydrogen) atoms. The number of para-hydroxylation sites is 2. The summed E-state index contributed by atoms with van der Waals surface area (Å²) in [6, 6.07) is 42.1. The predicted molar refractivity (Wildman–Crippen MR) is 239 cm³/mol. The molecule has 5 atom stereocenters. The molecule has 6 aromatic rings. The van der Waals surface area contributed by atoms with Gasteiger partial charge in [-0.25, -0.2) is 9.97 Å². The van der Waals surface area contributed by atoms with Gasteiger partial charge in [0.2, 0.25) is 5.95 Å². The van der Waals surface area contributed by atoms with E-state index in [1.807, 2.05) is 0 Å². The average molecular weight is 747 g/mol. The molecule has 4 nitrogen and oxygen atoms in total. The van der Waals surface area contributed by atoms with Crippen LogP contribution in [-0.4, -0.2) is 28.1 Å². The van der Waals surface area contributed by atoms with Gasteiger partial charge in [0.15, 0.2) is 0 Å². The van der Waals surface area contributed by atoms with E-state index in [2.05, 4.69) is 198 Å². The van der Waals surface area contributed by atoms with Crippen LogP contribution in [0.2, 0.25) is 0 Å². The van der Waals surface area contributed by atoms with E-state index in [0.717, 1.165) is 47.4 Å². The standard InChI is InChI=1S/C54H42N4/c1-3-13-35(14-4-1)36-23-25-38(26-24-36)53-44-20-9-11-21-47(44)55-54(56-53)58-48-22-12-10-19-43(48)45-33-39(28-30-49(45)58)40-29-31-50-46(34-40)52-42-18-8-7-15-37(42)27-32-51(52)57(50)41-16-5-2-6-17-41/h1-7,9-16,19-34,41,45-46,49-50H,8,17-18H2. The Morgan fingerprint density at radius 3 is 2.19 bits per heavy atom. The molecule has 0 saturated heterocycles. The van der Waals surface area contributed by atoms with Crippen molar-refractivity contribution in [2.24, 2.45) is 0 Å². The summed E-state index contributed by atoms with van der Waals surface area (Å²) in [5.74, 6) is 1.20. The summed E-state index contributed by atoms with van der Waals surface area (Å²) in [5, 5.41) is 1.05. The maximum Gasteiger partial charge on any atom is 0.231 e. The molecule has 0 radical (unpaired) electrons. The van der Waals surface area contributed by atoms with Gasteiger partial charge in [0.25, 0.3) is 0 Å². The van der Waals surface area contributed by atoms with Crippen molar-refractivity contribution in [1.82, 2.24) is 9.97 Å². The molecule has 5 aromatic carbocycles. The summed E-state index contributed by atoms with van der Waals surface area (Å²) in [4.78, 5) is 15.7. The van der Waals surface area contributed by atoms with Gasteiger partial charge < -0.3 is 9.80 Å². The van der Waals surface area contributed by atoms with E-state index in [-0.39, 0.29) is 12.0 Å². The van der Waals surface area contributed by atoms with E-state index in [4.69, 9.17) is 9.97 Å². The van der Waals surface area contributed by atoms with E-state index in [1.54, 1.807) is 0 Å². The highest BCUT2D eigenvalue weighted by atomic mass is 15.3. The fourth-order valence-electron chi connectivity index (χ4n) is 10.5. The zero-order chi connectivity index (χ0) is 38.2. The van der Waals surface area contributed by atoms with Crippen LogP contribution >= 0.6 is 0 Å². The molecule has 0 bridgehead atoms. The first-order valence-corrected chi connectivity index (χ1v) is 20.8. The van der Waals surface area contributed by atoms with Crippen molar-refractivity contribution in [2.45, 2.75) is 49.2 Å². The molecule has 6 aliphatic rings. The van der Waals surface area contributed by atoms with Crippen LogP contribution in [0, 0.1) is 0 Å². The molecule has 278 valence electrons. The molecule has 4 aliphatic carbocycles. The average Bonchev–Trinajstić information content (AvgIpc) is 3.82. The van der Waals surface area contributed by atoms with Crippen LogP contribution in [0.3, 0.4) is 0 Å². The Morgan fingerprint density at radius 1 is 0.569 bits per heavy atom. The summed E-state index contributed by atoms with van der Waals surface area (Å²) >= 11 is 0. The lowest BCUT2D eigenvalue weighted by Crippen LogP contribution is -2.41. The quantitative estimate of drug-likeness (QED) is 0.176. The molecule has 0 N–H and O–H groups in total. The molecule has 4 heteroatoms. The van der Waals surface area contributed by atoms with Gasteiger partial charge in [-0.3, -0.25) is 0 Å². The second-order valence-electron chi connectivity index (χ2n) is 16.3. The van der Waals surface area contributed by atoms with Crippen LogP contribution in [0.15, 0.2) is 193 Å². The fraction of sp³-hybridized carbons (Fsp3) is 0.148. The van der Waals surface area contributed by atoms with Gasteiger partial charge in [0.05, 0.1) is 29.3 Å². The van der Waals surface area contributed by atoms with E-state index >= 15 is 0 Å². The summed E-state index contributed by atoms with van der Waals surface area (Å²) in [7, 11) is 0. The van der Waals surface area contributed by atoms with Crippen LogP contribution in [0.1, 0.15) is 46.9 Å². The molecule has 3 heterocycles. The van der Waals surface area contributed by atoms with E-state index in [0.29, 0.717) is 18.0 Å². The summed E-state index contributed by atoms with van der Waals surface area (Å²) < 4.78 is 0. The van der Waals surface area contributed by atoms with Gasteiger partial charge in [-0.15, -0.1) is 0 Å². The topological polar surface area (TPSA) is 32.3 Å². The Bertz CT molecular complexity index is 2850. The van der Waals surface area contributed by atoms with Crippen LogP contribution in [0.5, 0.6) is 0 Å². The minimum atomic E-state index is 0.0594. The largest absolute Gasteiger partial charge is 0.357 e. The number of fused-ring (bicyclic) bond motifs is 9. The number of allylic oxidation sites excluding steroid dienone is 7. The predicted octanol–water partition coefficient (Wildman–Crippen LogP) is 12.4. The monoisotopic (exact) mass is 746 g/mol. The number of hydrogen-bond donors (Lipinski definition) is 0. The summed E-state index contributed by atoms with van der Waals surface area (Å²) in [5.41, 5.74) is 16.3. The maximum atomic E-state index is 5.41. The van der Waals surface area contributed by atoms with Gasteiger partial charge in [0, 0.05) is 34.2 Å². The lowest BCUT2D eigenvalue weighted by molar-refractivity contribution is 0.611. The first kappa shape index (κ1) is 33.4. The lowest BCUT2D eigenvalue weighted by Gasteiger charge is -2.35. The van der Waals surface area contributed by atoms with Crippen molar-refractivity contribution in [1.29, 1.82) is 0 Å². The summed E-state index contributed by atoms with van der Waals surface area (Å²) in [6.45, 7) is 0. The lowest BCUT2D eigenvalue weighted by atomic mass is 9.79.